The van der Waals surface area contributed by atoms with E-state index < -0.39 is 0 Å². The van der Waals surface area contributed by atoms with Gasteiger partial charge in [-0.25, -0.2) is 0 Å². The molecule has 2 unspecified atom stereocenters. The van der Waals surface area contributed by atoms with Crippen LogP contribution in [0, 0.1) is 20.8 Å². The largest absolute Gasteiger partial charge is 0.378 e. The summed E-state index contributed by atoms with van der Waals surface area (Å²) in [6.07, 6.45) is 5.30. The molecule has 20 heavy (non-hydrogen) atoms. The molecule has 0 amide bonds. The maximum Gasteiger partial charge on any atom is 0.0576 e. The summed E-state index contributed by atoms with van der Waals surface area (Å²) in [7, 11) is 0. The lowest BCUT2D eigenvalue weighted by atomic mass is 9.92. The van der Waals surface area contributed by atoms with Crippen LogP contribution < -0.4 is 5.32 Å². The summed E-state index contributed by atoms with van der Waals surface area (Å²) in [6.45, 7) is 10.8. The van der Waals surface area contributed by atoms with E-state index >= 15 is 0 Å². The average molecular weight is 275 g/mol. The third kappa shape index (κ3) is 3.83. The van der Waals surface area contributed by atoms with Crippen LogP contribution in [0.1, 0.15) is 60.9 Å². The first-order valence-corrected chi connectivity index (χ1v) is 8.04. The molecule has 1 N–H and O–H groups in total. The van der Waals surface area contributed by atoms with Crippen LogP contribution in [0.3, 0.4) is 0 Å². The van der Waals surface area contributed by atoms with Gasteiger partial charge in [-0.2, -0.15) is 0 Å². The van der Waals surface area contributed by atoms with Crippen molar-refractivity contribution in [3.05, 3.63) is 34.4 Å². The van der Waals surface area contributed by atoms with Crippen molar-refractivity contribution in [2.45, 2.75) is 65.5 Å². The number of rotatable bonds is 6. The molecule has 0 aliphatic carbocycles. The summed E-state index contributed by atoms with van der Waals surface area (Å²) in [5.41, 5.74) is 5.66. The minimum atomic E-state index is 0.462. The van der Waals surface area contributed by atoms with E-state index in [4.69, 9.17) is 4.74 Å². The van der Waals surface area contributed by atoms with Crippen molar-refractivity contribution in [3.8, 4) is 0 Å². The summed E-state index contributed by atoms with van der Waals surface area (Å²) in [5, 5.41) is 3.65. The molecule has 2 heteroatoms. The summed E-state index contributed by atoms with van der Waals surface area (Å²) < 4.78 is 5.76. The van der Waals surface area contributed by atoms with Crippen molar-refractivity contribution in [1.82, 2.24) is 5.32 Å². The minimum Gasteiger partial charge on any atom is -0.378 e. The smallest absolute Gasteiger partial charge is 0.0576 e. The Kier molecular flexibility index (Phi) is 5.62. The van der Waals surface area contributed by atoms with Gasteiger partial charge in [-0.15, -0.1) is 0 Å². The number of aryl methyl sites for hydroxylation is 3. The molecule has 0 radical (unpaired) electrons. The predicted octanol–water partition coefficient (Wildman–Crippen LogP) is 4.22. The van der Waals surface area contributed by atoms with Crippen LogP contribution in [0.4, 0.5) is 0 Å². The van der Waals surface area contributed by atoms with E-state index in [9.17, 15) is 0 Å². The zero-order valence-corrected chi connectivity index (χ0v) is 13.5. The Morgan fingerprint density at radius 1 is 1.20 bits per heavy atom. The number of nitrogens with one attached hydrogen (secondary N) is 1. The molecule has 1 aromatic carbocycles. The van der Waals surface area contributed by atoms with Crippen molar-refractivity contribution in [1.29, 1.82) is 0 Å². The van der Waals surface area contributed by atoms with Gasteiger partial charge in [0, 0.05) is 12.6 Å². The van der Waals surface area contributed by atoms with E-state index in [0.717, 1.165) is 13.2 Å². The Balaban J connectivity index is 2.08. The molecular weight excluding hydrogens is 246 g/mol. The van der Waals surface area contributed by atoms with Gasteiger partial charge in [-0.1, -0.05) is 19.1 Å². The fourth-order valence-electron chi connectivity index (χ4n) is 3.20. The van der Waals surface area contributed by atoms with Gasteiger partial charge in [0.05, 0.1) is 6.10 Å². The lowest BCUT2D eigenvalue weighted by molar-refractivity contribution is 0.0996. The molecule has 2 nitrogen and oxygen atoms in total. The molecule has 1 fully saturated rings. The molecule has 1 aliphatic heterocycles. The van der Waals surface area contributed by atoms with Crippen molar-refractivity contribution >= 4 is 0 Å². The van der Waals surface area contributed by atoms with Crippen molar-refractivity contribution in [2.75, 3.05) is 13.2 Å². The first kappa shape index (κ1) is 15.5. The molecule has 1 heterocycles. The van der Waals surface area contributed by atoms with Crippen LogP contribution in [0.2, 0.25) is 0 Å². The maximum absolute atomic E-state index is 5.76. The molecule has 1 aliphatic rings. The SMILES string of the molecule is CCNC(CCC1CCCO1)c1cc(C)c(C)cc1C. The first-order chi connectivity index (χ1) is 9.61. The second kappa shape index (κ2) is 7.24. The highest BCUT2D eigenvalue weighted by molar-refractivity contribution is 5.38. The lowest BCUT2D eigenvalue weighted by Gasteiger charge is -2.23. The van der Waals surface area contributed by atoms with Gasteiger partial charge in [-0.05, 0) is 75.3 Å². The quantitative estimate of drug-likeness (QED) is 0.839. The second-order valence-corrected chi connectivity index (χ2v) is 6.12. The normalized spacial score (nSPS) is 20.3. The molecule has 112 valence electrons. The molecule has 0 bridgehead atoms. The Labute approximate surface area is 123 Å². The number of benzene rings is 1. The van der Waals surface area contributed by atoms with Crippen LogP contribution in [0.5, 0.6) is 0 Å². The Hall–Kier alpha value is -0.860. The average Bonchev–Trinajstić information content (AvgIpc) is 2.92. The van der Waals surface area contributed by atoms with Crippen LogP contribution in [-0.2, 0) is 4.74 Å². The zero-order chi connectivity index (χ0) is 14.5. The molecule has 0 aromatic heterocycles. The molecule has 1 saturated heterocycles. The van der Waals surface area contributed by atoms with Crippen molar-refractivity contribution in [2.24, 2.45) is 0 Å². The predicted molar refractivity (Wildman–Crippen MR) is 85.3 cm³/mol. The zero-order valence-electron chi connectivity index (χ0n) is 13.5. The first-order valence-electron chi connectivity index (χ1n) is 8.04. The Bertz CT molecular complexity index is 435. The molecule has 2 rings (SSSR count). The maximum atomic E-state index is 5.76. The molecule has 2 atom stereocenters. The molecule has 0 spiro atoms. The van der Waals surface area contributed by atoms with Crippen LogP contribution in [0.15, 0.2) is 12.1 Å². The fourth-order valence-corrected chi connectivity index (χ4v) is 3.20. The highest BCUT2D eigenvalue weighted by Crippen LogP contribution is 2.27. The second-order valence-electron chi connectivity index (χ2n) is 6.12. The van der Waals surface area contributed by atoms with E-state index in [2.05, 4.69) is 45.1 Å². The summed E-state index contributed by atoms with van der Waals surface area (Å²) in [5.74, 6) is 0. The molecular formula is C18H29NO. The summed E-state index contributed by atoms with van der Waals surface area (Å²) in [4.78, 5) is 0. The molecule has 1 aromatic rings. The number of hydrogen-bond donors (Lipinski definition) is 1. The van der Waals surface area contributed by atoms with Gasteiger partial charge in [0.25, 0.3) is 0 Å². The summed E-state index contributed by atoms with van der Waals surface area (Å²) in [6, 6.07) is 5.15. The Morgan fingerprint density at radius 3 is 2.60 bits per heavy atom. The highest BCUT2D eigenvalue weighted by Gasteiger charge is 2.19. The topological polar surface area (TPSA) is 21.3 Å². The van der Waals surface area contributed by atoms with Gasteiger partial charge in [0.1, 0.15) is 0 Å². The van der Waals surface area contributed by atoms with E-state index in [1.54, 1.807) is 0 Å². The van der Waals surface area contributed by atoms with E-state index in [0.29, 0.717) is 12.1 Å². The van der Waals surface area contributed by atoms with Crippen LogP contribution in [0.25, 0.3) is 0 Å². The minimum absolute atomic E-state index is 0.462. The van der Waals surface area contributed by atoms with Gasteiger partial charge in [-0.3, -0.25) is 0 Å². The van der Waals surface area contributed by atoms with Crippen LogP contribution in [-0.4, -0.2) is 19.3 Å². The van der Waals surface area contributed by atoms with E-state index in [1.807, 2.05) is 0 Å². The van der Waals surface area contributed by atoms with Crippen molar-refractivity contribution in [3.63, 3.8) is 0 Å². The highest BCUT2D eigenvalue weighted by atomic mass is 16.5. The van der Waals surface area contributed by atoms with Gasteiger partial charge in [0.15, 0.2) is 0 Å². The fraction of sp³-hybridized carbons (Fsp3) is 0.667. The van der Waals surface area contributed by atoms with E-state index in [1.165, 1.54) is 47.9 Å². The number of hydrogen-bond acceptors (Lipinski definition) is 2. The molecule has 0 saturated carbocycles. The standard InChI is InChI=1S/C18H29NO/c1-5-19-18(9-8-16-7-6-10-20-16)17-12-14(3)13(2)11-15(17)4/h11-12,16,18-19H,5-10H2,1-4H3. The lowest BCUT2D eigenvalue weighted by Crippen LogP contribution is -2.23. The van der Waals surface area contributed by atoms with E-state index in [-0.39, 0.29) is 0 Å². The number of ether oxygens (including phenoxy) is 1. The van der Waals surface area contributed by atoms with Gasteiger partial charge in [0.2, 0.25) is 0 Å². The van der Waals surface area contributed by atoms with Gasteiger partial charge < -0.3 is 10.1 Å². The Morgan fingerprint density at radius 2 is 1.95 bits per heavy atom. The van der Waals surface area contributed by atoms with Gasteiger partial charge >= 0.3 is 0 Å². The summed E-state index contributed by atoms with van der Waals surface area (Å²) >= 11 is 0. The van der Waals surface area contributed by atoms with Crippen molar-refractivity contribution < 1.29 is 4.74 Å². The van der Waals surface area contributed by atoms with Crippen LogP contribution >= 0.6 is 0 Å². The monoisotopic (exact) mass is 275 g/mol. The third-order valence-electron chi connectivity index (χ3n) is 4.51. The third-order valence-corrected chi connectivity index (χ3v) is 4.51.